The third kappa shape index (κ3) is 5.60. The Labute approximate surface area is 240 Å². The number of urea groups is 1. The topological polar surface area (TPSA) is 122 Å². The zero-order chi connectivity index (χ0) is 28.3. The van der Waals surface area contributed by atoms with Crippen LogP contribution >= 0.6 is 0 Å². The van der Waals surface area contributed by atoms with Crippen LogP contribution in [0.1, 0.15) is 43.6 Å². The van der Waals surface area contributed by atoms with Crippen molar-refractivity contribution in [3.63, 3.8) is 0 Å². The first-order chi connectivity index (χ1) is 20.0. The number of nitrogens with one attached hydrogen (secondary N) is 1. The highest BCUT2D eigenvalue weighted by Gasteiger charge is 2.31. The molecule has 3 aliphatic rings. The van der Waals surface area contributed by atoms with Crippen molar-refractivity contribution in [2.45, 2.75) is 45.2 Å². The van der Waals surface area contributed by atoms with Crippen molar-refractivity contribution in [2.75, 3.05) is 63.9 Å². The lowest BCUT2D eigenvalue weighted by Crippen LogP contribution is -2.52. The van der Waals surface area contributed by atoms with Gasteiger partial charge in [-0.15, -0.1) is 0 Å². The van der Waals surface area contributed by atoms with Gasteiger partial charge in [0.15, 0.2) is 0 Å². The summed E-state index contributed by atoms with van der Waals surface area (Å²) in [7, 11) is 0. The number of imidazole rings is 1. The number of hydrogen-bond donors (Lipinski definition) is 2. The molecule has 0 spiro atoms. The molecule has 3 N–H and O–H groups in total. The van der Waals surface area contributed by atoms with E-state index in [2.05, 4.69) is 33.0 Å². The lowest BCUT2D eigenvalue weighted by atomic mass is 9.99. The number of pyridine rings is 1. The summed E-state index contributed by atoms with van der Waals surface area (Å²) in [5, 5.41) is 3.99. The van der Waals surface area contributed by atoms with E-state index in [9.17, 15) is 9.59 Å². The number of fused-ring (bicyclic) bond motifs is 2. The van der Waals surface area contributed by atoms with Crippen LogP contribution in [0.15, 0.2) is 30.3 Å². The number of carbonyl (C=O) groups is 2. The smallest absolute Gasteiger partial charge is 0.317 e. The normalized spacial score (nSPS) is 18.0. The van der Waals surface area contributed by atoms with Crippen LogP contribution in [0.25, 0.3) is 22.2 Å². The molecule has 0 aliphatic carbocycles. The molecule has 0 saturated carbocycles. The van der Waals surface area contributed by atoms with Crippen LogP contribution in [-0.2, 0) is 22.6 Å². The third-order valence-electron chi connectivity index (χ3n) is 8.59. The zero-order valence-electron chi connectivity index (χ0n) is 23.8. The minimum atomic E-state index is -0.0268. The summed E-state index contributed by atoms with van der Waals surface area (Å²) in [6.07, 6.45) is 2.72. The van der Waals surface area contributed by atoms with Crippen LogP contribution < -0.4 is 16.0 Å². The molecule has 6 rings (SSSR count). The fraction of sp³-hybridized carbons (Fsp3) is 0.533. The molecular formula is C30H40N8O3. The number of piperazine rings is 1. The monoisotopic (exact) mass is 560 g/mol. The molecule has 0 unspecified atom stereocenters. The highest BCUT2D eigenvalue weighted by Crippen LogP contribution is 2.37. The van der Waals surface area contributed by atoms with Crippen molar-refractivity contribution in [3.8, 4) is 11.3 Å². The molecule has 1 aromatic carbocycles. The van der Waals surface area contributed by atoms with Gasteiger partial charge in [0.2, 0.25) is 5.91 Å². The number of nitrogens with two attached hydrogens (primary N) is 1. The lowest BCUT2D eigenvalue weighted by molar-refractivity contribution is -0.130. The molecule has 218 valence electrons. The molecule has 11 heteroatoms. The summed E-state index contributed by atoms with van der Waals surface area (Å²) in [5.74, 6) is 2.48. The van der Waals surface area contributed by atoms with Crippen molar-refractivity contribution < 1.29 is 14.3 Å². The second-order valence-electron chi connectivity index (χ2n) is 11.1. The predicted octanol–water partition coefficient (Wildman–Crippen LogP) is 2.53. The number of benzene rings is 1. The Morgan fingerprint density at radius 3 is 2.54 bits per heavy atom. The molecule has 3 amide bonds. The standard InChI is InChI=1S/C30H40N8O3/c1-21(39)37-16-17-38-26(20-37)28(34-29(38)22-8-18-41-19-9-22)24-4-2-5-25-23(24)6-7-27(33-25)35-12-14-36(15-13-35)30(40)32-11-3-10-31/h2,4-7,22H,3,8-20,31H2,1H3,(H,32,40). The summed E-state index contributed by atoms with van der Waals surface area (Å²) in [6.45, 7) is 9.12. The maximum Gasteiger partial charge on any atom is 0.317 e. The number of aromatic nitrogens is 3. The van der Waals surface area contributed by atoms with E-state index in [0.29, 0.717) is 45.2 Å². The Morgan fingerprint density at radius 1 is 1.00 bits per heavy atom. The van der Waals surface area contributed by atoms with E-state index < -0.39 is 0 Å². The van der Waals surface area contributed by atoms with Gasteiger partial charge in [0.1, 0.15) is 11.6 Å². The molecule has 2 aromatic heterocycles. The summed E-state index contributed by atoms with van der Waals surface area (Å²) in [4.78, 5) is 41.1. The average Bonchev–Trinajstić information content (AvgIpc) is 3.40. The van der Waals surface area contributed by atoms with Crippen LogP contribution in [0.4, 0.5) is 10.6 Å². The summed E-state index contributed by atoms with van der Waals surface area (Å²) in [6, 6.07) is 10.4. The molecule has 3 aliphatic heterocycles. The maximum atomic E-state index is 12.4. The fourth-order valence-corrected chi connectivity index (χ4v) is 6.22. The Morgan fingerprint density at radius 2 is 1.78 bits per heavy atom. The first-order valence-corrected chi connectivity index (χ1v) is 14.8. The number of carbonyl (C=O) groups excluding carboxylic acids is 2. The minimum Gasteiger partial charge on any atom is -0.381 e. The van der Waals surface area contributed by atoms with E-state index in [0.717, 1.165) is 91.6 Å². The number of nitrogens with zero attached hydrogens (tertiary/aromatic N) is 6. The summed E-state index contributed by atoms with van der Waals surface area (Å²) in [5.41, 5.74) is 9.55. The van der Waals surface area contributed by atoms with E-state index in [1.54, 1.807) is 6.92 Å². The van der Waals surface area contributed by atoms with Gasteiger partial charge in [-0.3, -0.25) is 4.79 Å². The van der Waals surface area contributed by atoms with Gasteiger partial charge in [-0.05, 0) is 44.0 Å². The van der Waals surface area contributed by atoms with Crippen molar-refractivity contribution in [3.05, 3.63) is 41.9 Å². The SMILES string of the molecule is CC(=O)N1CCn2c(C3CCOCC3)nc(-c3cccc4nc(N5CCN(C(=O)NCCCN)CC5)ccc34)c2C1. The molecular weight excluding hydrogens is 520 g/mol. The van der Waals surface area contributed by atoms with Crippen LogP contribution in [-0.4, -0.2) is 95.3 Å². The fourth-order valence-electron chi connectivity index (χ4n) is 6.22. The van der Waals surface area contributed by atoms with Gasteiger partial charge in [0.05, 0.1) is 23.4 Å². The number of amides is 3. The van der Waals surface area contributed by atoms with E-state index in [1.165, 1.54) is 0 Å². The molecule has 2 saturated heterocycles. The molecule has 5 heterocycles. The molecule has 2 fully saturated rings. The van der Waals surface area contributed by atoms with Gasteiger partial charge in [-0.1, -0.05) is 12.1 Å². The van der Waals surface area contributed by atoms with Crippen molar-refractivity contribution >= 4 is 28.7 Å². The average molecular weight is 561 g/mol. The lowest BCUT2D eigenvalue weighted by Gasteiger charge is -2.35. The predicted molar refractivity (Wildman–Crippen MR) is 158 cm³/mol. The Kier molecular flexibility index (Phi) is 8.06. The first kappa shape index (κ1) is 27.5. The Bertz CT molecular complexity index is 1410. The molecule has 3 aromatic rings. The van der Waals surface area contributed by atoms with Gasteiger partial charge in [0, 0.05) is 82.8 Å². The summed E-state index contributed by atoms with van der Waals surface area (Å²) >= 11 is 0. The Balaban J connectivity index is 1.27. The second-order valence-corrected chi connectivity index (χ2v) is 11.1. The van der Waals surface area contributed by atoms with E-state index in [-0.39, 0.29) is 11.9 Å². The first-order valence-electron chi connectivity index (χ1n) is 14.8. The van der Waals surface area contributed by atoms with Crippen LogP contribution in [0.5, 0.6) is 0 Å². The van der Waals surface area contributed by atoms with Gasteiger partial charge in [0.25, 0.3) is 0 Å². The number of ether oxygens (including phenoxy) is 1. The van der Waals surface area contributed by atoms with Crippen molar-refractivity contribution in [1.82, 2.24) is 29.7 Å². The second kappa shape index (κ2) is 12.0. The van der Waals surface area contributed by atoms with Crippen LogP contribution in [0.2, 0.25) is 0 Å². The number of rotatable bonds is 6. The number of anilines is 1. The highest BCUT2D eigenvalue weighted by atomic mass is 16.5. The van der Waals surface area contributed by atoms with Crippen LogP contribution in [0.3, 0.4) is 0 Å². The largest absolute Gasteiger partial charge is 0.381 e. The molecule has 0 atom stereocenters. The molecule has 41 heavy (non-hydrogen) atoms. The highest BCUT2D eigenvalue weighted by molar-refractivity contribution is 5.95. The van der Waals surface area contributed by atoms with Gasteiger partial charge < -0.3 is 35.1 Å². The van der Waals surface area contributed by atoms with Crippen molar-refractivity contribution in [1.29, 1.82) is 0 Å². The Hall–Kier alpha value is -3.70. The van der Waals surface area contributed by atoms with Gasteiger partial charge in [-0.2, -0.15) is 0 Å². The minimum absolute atomic E-state index is 0.0268. The van der Waals surface area contributed by atoms with E-state index in [4.69, 9.17) is 20.4 Å². The molecule has 0 bridgehead atoms. The number of hydrogen-bond acceptors (Lipinski definition) is 7. The van der Waals surface area contributed by atoms with E-state index >= 15 is 0 Å². The van der Waals surface area contributed by atoms with Gasteiger partial charge >= 0.3 is 6.03 Å². The molecule has 0 radical (unpaired) electrons. The van der Waals surface area contributed by atoms with E-state index in [1.807, 2.05) is 21.9 Å². The van der Waals surface area contributed by atoms with Crippen molar-refractivity contribution in [2.24, 2.45) is 5.73 Å². The maximum absolute atomic E-state index is 12.4. The third-order valence-corrected chi connectivity index (χ3v) is 8.59. The molecule has 11 nitrogen and oxygen atoms in total. The zero-order valence-corrected chi connectivity index (χ0v) is 23.8. The van der Waals surface area contributed by atoms with Gasteiger partial charge in [-0.25, -0.2) is 14.8 Å². The quantitative estimate of drug-likeness (QED) is 0.445. The summed E-state index contributed by atoms with van der Waals surface area (Å²) < 4.78 is 7.99. The van der Waals surface area contributed by atoms with Crippen LogP contribution in [0, 0.1) is 0 Å².